The second-order valence-electron chi connectivity index (χ2n) is 3.75. The summed E-state index contributed by atoms with van der Waals surface area (Å²) >= 11 is -0.446. The van der Waals surface area contributed by atoms with Crippen molar-refractivity contribution in [1.82, 2.24) is 4.90 Å². The van der Waals surface area contributed by atoms with Crippen LogP contribution in [0.2, 0.25) is 0 Å². The summed E-state index contributed by atoms with van der Waals surface area (Å²) in [6.45, 7) is 2.49. The molecule has 7 nitrogen and oxygen atoms in total. The zero-order valence-electron chi connectivity index (χ0n) is 10.2. The van der Waals surface area contributed by atoms with Gasteiger partial charge >= 0.3 is 115 Å². The Balaban J connectivity index is 2.20. The first kappa shape index (κ1) is 13.9. The summed E-state index contributed by atoms with van der Waals surface area (Å²) in [7, 11) is 1.17. The maximum absolute atomic E-state index is 11.8. The molecule has 1 amide bonds. The van der Waals surface area contributed by atoms with Crippen LogP contribution >= 0.6 is 0 Å². The van der Waals surface area contributed by atoms with Crippen LogP contribution in [0.5, 0.6) is 0 Å². The number of amides is 1. The molecule has 0 aliphatic carbocycles. The van der Waals surface area contributed by atoms with Gasteiger partial charge in [0.15, 0.2) is 0 Å². The number of aliphatic imine (C=N–C) groups is 1. The Bertz CT molecular complexity index is 479. The number of carbonyl (C=O) groups excluding carboxylic acids is 3. The van der Waals surface area contributed by atoms with Crippen molar-refractivity contribution in [3.05, 3.63) is 10.0 Å². The molecule has 19 heavy (non-hydrogen) atoms. The third-order valence-electron chi connectivity index (χ3n) is 2.63. The third-order valence-corrected chi connectivity index (χ3v) is 5.01. The minimum atomic E-state index is -0.793. The molecule has 0 spiro atoms. The summed E-state index contributed by atoms with van der Waals surface area (Å²) in [5, 5.41) is 0. The van der Waals surface area contributed by atoms with Gasteiger partial charge < -0.3 is 0 Å². The van der Waals surface area contributed by atoms with E-state index >= 15 is 0 Å². The average molecular weight is 331 g/mol. The normalized spacial score (nSPS) is 22.1. The van der Waals surface area contributed by atoms with Crippen LogP contribution in [0.1, 0.15) is 0 Å². The SMILES string of the molecule is COC(=O)/C(C=O)=C1/[Se]C(N2CCOCC2)=NC1=O. The molecule has 2 rings (SSSR count). The molecule has 0 bridgehead atoms. The van der Waals surface area contributed by atoms with E-state index in [2.05, 4.69) is 9.73 Å². The van der Waals surface area contributed by atoms with Crippen molar-refractivity contribution in [2.75, 3.05) is 33.4 Å². The number of hydrogen-bond acceptors (Lipinski definition) is 6. The van der Waals surface area contributed by atoms with Gasteiger partial charge in [-0.3, -0.25) is 0 Å². The van der Waals surface area contributed by atoms with Crippen molar-refractivity contribution in [2.24, 2.45) is 4.99 Å². The van der Waals surface area contributed by atoms with Gasteiger partial charge in [0.25, 0.3) is 0 Å². The Kier molecular flexibility index (Phi) is 4.47. The molecule has 0 unspecified atom stereocenters. The van der Waals surface area contributed by atoms with E-state index in [0.29, 0.717) is 37.3 Å². The predicted molar refractivity (Wildman–Crippen MR) is 65.7 cm³/mol. The quantitative estimate of drug-likeness (QED) is 0.154. The van der Waals surface area contributed by atoms with E-state index in [1.54, 1.807) is 0 Å². The fourth-order valence-electron chi connectivity index (χ4n) is 1.66. The van der Waals surface area contributed by atoms with E-state index in [0.717, 1.165) is 0 Å². The first-order valence-corrected chi connectivity index (χ1v) is 7.30. The van der Waals surface area contributed by atoms with E-state index in [-0.39, 0.29) is 10.0 Å². The van der Waals surface area contributed by atoms with Gasteiger partial charge in [-0.1, -0.05) is 0 Å². The number of carbonyl (C=O) groups is 3. The summed E-state index contributed by atoms with van der Waals surface area (Å²) in [5.41, 5.74) is -0.223. The van der Waals surface area contributed by atoms with Crippen molar-refractivity contribution in [2.45, 2.75) is 0 Å². The molecule has 102 valence electrons. The molecular weight excluding hydrogens is 319 g/mol. The Morgan fingerprint density at radius 2 is 2.16 bits per heavy atom. The molecule has 2 aliphatic rings. The molecular formula is C11H12N2O5Se. The third kappa shape index (κ3) is 2.91. The fourth-order valence-corrected chi connectivity index (χ4v) is 3.75. The van der Waals surface area contributed by atoms with Gasteiger partial charge in [-0.05, 0) is 0 Å². The second kappa shape index (κ2) is 6.10. The topological polar surface area (TPSA) is 85.3 Å². The van der Waals surface area contributed by atoms with Crippen molar-refractivity contribution >= 4 is 37.9 Å². The van der Waals surface area contributed by atoms with Crippen molar-refractivity contribution in [3.8, 4) is 0 Å². The van der Waals surface area contributed by atoms with Gasteiger partial charge in [0.05, 0.1) is 0 Å². The van der Waals surface area contributed by atoms with E-state index in [1.165, 1.54) is 7.11 Å². The van der Waals surface area contributed by atoms with Gasteiger partial charge in [0.2, 0.25) is 0 Å². The van der Waals surface area contributed by atoms with Crippen LogP contribution < -0.4 is 0 Å². The molecule has 0 saturated carbocycles. The molecule has 1 saturated heterocycles. The van der Waals surface area contributed by atoms with Gasteiger partial charge in [-0.25, -0.2) is 0 Å². The molecule has 2 heterocycles. The maximum atomic E-state index is 11.8. The Labute approximate surface area is 115 Å². The van der Waals surface area contributed by atoms with Crippen molar-refractivity contribution in [3.63, 3.8) is 0 Å². The Morgan fingerprint density at radius 3 is 2.74 bits per heavy atom. The molecule has 0 aromatic rings. The molecule has 0 aromatic carbocycles. The van der Waals surface area contributed by atoms with Crippen LogP contribution in [0.15, 0.2) is 15.0 Å². The van der Waals surface area contributed by atoms with Crippen LogP contribution in [0.3, 0.4) is 0 Å². The number of methoxy groups -OCH3 is 1. The minimum absolute atomic E-state index is 0.163. The number of morpholine rings is 1. The van der Waals surface area contributed by atoms with Crippen LogP contribution in [-0.4, -0.2) is 76.2 Å². The zero-order chi connectivity index (χ0) is 13.8. The summed E-state index contributed by atoms with van der Waals surface area (Å²) in [4.78, 5) is 40.0. The second-order valence-corrected chi connectivity index (χ2v) is 5.80. The molecule has 8 heteroatoms. The summed E-state index contributed by atoms with van der Waals surface area (Å²) < 4.78 is 10.5. The standard InChI is InChI=1S/C11H12N2O5Se/c1-17-10(16)7(6-14)8-9(15)12-11(19-8)13-2-4-18-5-3-13/h6H,2-5H2,1H3/b8-7+. The number of amidine groups is 1. The molecule has 2 aliphatic heterocycles. The van der Waals surface area contributed by atoms with E-state index in [1.807, 2.05) is 4.90 Å². The number of esters is 1. The van der Waals surface area contributed by atoms with Gasteiger partial charge in [0.1, 0.15) is 0 Å². The monoisotopic (exact) mass is 332 g/mol. The van der Waals surface area contributed by atoms with Gasteiger partial charge in [0, 0.05) is 0 Å². The summed E-state index contributed by atoms with van der Waals surface area (Å²) in [6.07, 6.45) is 0.360. The first-order valence-electron chi connectivity index (χ1n) is 5.58. The number of ether oxygens (including phenoxy) is 2. The Hall–Kier alpha value is -1.50. The number of nitrogens with zero attached hydrogens (tertiary/aromatic N) is 2. The molecule has 0 atom stereocenters. The number of rotatable bonds is 2. The summed E-state index contributed by atoms with van der Waals surface area (Å²) in [6, 6.07) is 0. The van der Waals surface area contributed by atoms with Gasteiger partial charge in [-0.15, -0.1) is 0 Å². The molecule has 0 N–H and O–H groups in total. The van der Waals surface area contributed by atoms with Crippen LogP contribution in [0.25, 0.3) is 0 Å². The van der Waals surface area contributed by atoms with Crippen molar-refractivity contribution in [1.29, 1.82) is 0 Å². The predicted octanol–water partition coefficient (Wildman–Crippen LogP) is -1.45. The average Bonchev–Trinajstić information content (AvgIpc) is 2.82. The zero-order valence-corrected chi connectivity index (χ0v) is 12.0. The molecule has 1 fully saturated rings. The van der Waals surface area contributed by atoms with E-state index in [9.17, 15) is 14.4 Å². The van der Waals surface area contributed by atoms with Crippen molar-refractivity contribution < 1.29 is 23.9 Å². The molecule has 0 radical (unpaired) electrons. The first-order chi connectivity index (χ1) is 9.17. The van der Waals surface area contributed by atoms with E-state index in [4.69, 9.17) is 4.74 Å². The number of aldehydes is 1. The summed E-state index contributed by atoms with van der Waals surface area (Å²) in [5.74, 6) is -1.31. The Morgan fingerprint density at radius 1 is 1.47 bits per heavy atom. The van der Waals surface area contributed by atoms with Crippen LogP contribution in [0.4, 0.5) is 0 Å². The van der Waals surface area contributed by atoms with Crippen LogP contribution in [-0.2, 0) is 23.9 Å². The fraction of sp³-hybridized carbons (Fsp3) is 0.455. The van der Waals surface area contributed by atoms with E-state index < -0.39 is 26.8 Å². The van der Waals surface area contributed by atoms with Crippen LogP contribution in [0, 0.1) is 0 Å². The number of hydrogen-bond donors (Lipinski definition) is 0. The molecule has 0 aromatic heterocycles. The van der Waals surface area contributed by atoms with Gasteiger partial charge in [-0.2, -0.15) is 0 Å².